The fraction of sp³-hybridized carbons (Fsp3) is 0.222. The second kappa shape index (κ2) is 7.88. The normalized spacial score (nSPS) is 12.1. The highest BCUT2D eigenvalue weighted by Crippen LogP contribution is 2.36. The van der Waals surface area contributed by atoms with Crippen LogP contribution in [-0.4, -0.2) is 26.2 Å². The molecule has 0 saturated heterocycles. The summed E-state index contributed by atoms with van der Waals surface area (Å²) in [5.74, 6) is 0.707. The molecule has 0 N–H and O–H groups in total. The third-order valence-electron chi connectivity index (χ3n) is 3.89. The van der Waals surface area contributed by atoms with E-state index in [1.165, 1.54) is 11.8 Å². The SMILES string of the molecule is Cc1ccc([C@@H](C[N+](=O)[O-])Sc2nnc(C)n2-c2ccc(Cl)cc2)cc1. The van der Waals surface area contributed by atoms with Gasteiger partial charge in [-0.05, 0) is 43.7 Å². The molecule has 3 aromatic rings. The maximum Gasteiger partial charge on any atom is 0.220 e. The number of nitrogens with zero attached hydrogens (tertiary/aromatic N) is 4. The fourth-order valence-corrected chi connectivity index (χ4v) is 3.86. The Morgan fingerprint density at radius 1 is 1.12 bits per heavy atom. The lowest BCUT2D eigenvalue weighted by atomic mass is 10.1. The summed E-state index contributed by atoms with van der Waals surface area (Å²) in [6.07, 6.45) is 0. The second-order valence-corrected chi connectivity index (χ2v) is 7.48. The predicted molar refractivity (Wildman–Crippen MR) is 103 cm³/mol. The van der Waals surface area contributed by atoms with Gasteiger partial charge in [0.05, 0.1) is 0 Å². The van der Waals surface area contributed by atoms with Gasteiger partial charge in [0.2, 0.25) is 6.54 Å². The van der Waals surface area contributed by atoms with E-state index in [-0.39, 0.29) is 16.7 Å². The molecule has 0 saturated carbocycles. The molecule has 0 aliphatic carbocycles. The zero-order chi connectivity index (χ0) is 18.7. The summed E-state index contributed by atoms with van der Waals surface area (Å²) in [4.78, 5) is 10.9. The minimum absolute atomic E-state index is 0.194. The minimum Gasteiger partial charge on any atom is -0.274 e. The average molecular weight is 389 g/mol. The number of thioether (sulfide) groups is 1. The van der Waals surface area contributed by atoms with Crippen LogP contribution in [0.2, 0.25) is 5.02 Å². The Morgan fingerprint density at radius 2 is 1.77 bits per heavy atom. The van der Waals surface area contributed by atoms with Gasteiger partial charge in [0.25, 0.3) is 0 Å². The molecule has 1 heterocycles. The van der Waals surface area contributed by atoms with E-state index in [0.717, 1.165) is 16.8 Å². The van der Waals surface area contributed by atoms with E-state index in [9.17, 15) is 10.1 Å². The van der Waals surface area contributed by atoms with Crippen LogP contribution >= 0.6 is 23.4 Å². The molecule has 0 fully saturated rings. The highest BCUT2D eigenvalue weighted by Gasteiger charge is 2.23. The van der Waals surface area contributed by atoms with Gasteiger partial charge in [-0.25, -0.2) is 0 Å². The topological polar surface area (TPSA) is 73.8 Å². The summed E-state index contributed by atoms with van der Waals surface area (Å²) in [5, 5.41) is 20.4. The van der Waals surface area contributed by atoms with Gasteiger partial charge in [0.15, 0.2) is 5.16 Å². The summed E-state index contributed by atoms with van der Waals surface area (Å²) in [5.41, 5.74) is 2.86. The Morgan fingerprint density at radius 3 is 2.38 bits per heavy atom. The van der Waals surface area contributed by atoms with Gasteiger partial charge in [-0.15, -0.1) is 10.2 Å². The van der Waals surface area contributed by atoms with Crippen molar-refractivity contribution in [3.05, 3.63) is 80.6 Å². The van der Waals surface area contributed by atoms with Gasteiger partial charge in [-0.1, -0.05) is 53.2 Å². The number of benzene rings is 2. The maximum atomic E-state index is 11.2. The lowest BCUT2D eigenvalue weighted by Crippen LogP contribution is -2.11. The van der Waals surface area contributed by atoms with E-state index in [4.69, 9.17) is 11.6 Å². The first kappa shape index (κ1) is 18.4. The summed E-state index contributed by atoms with van der Waals surface area (Å²) in [7, 11) is 0. The molecule has 0 unspecified atom stereocenters. The van der Waals surface area contributed by atoms with Crippen molar-refractivity contribution < 1.29 is 4.92 Å². The lowest BCUT2D eigenvalue weighted by molar-refractivity contribution is -0.479. The molecule has 0 bridgehead atoms. The van der Waals surface area contributed by atoms with E-state index in [0.29, 0.717) is 16.0 Å². The van der Waals surface area contributed by atoms with Crippen LogP contribution in [0.25, 0.3) is 5.69 Å². The monoisotopic (exact) mass is 388 g/mol. The first-order valence-electron chi connectivity index (χ1n) is 7.97. The van der Waals surface area contributed by atoms with E-state index in [1.54, 1.807) is 12.1 Å². The highest BCUT2D eigenvalue weighted by molar-refractivity contribution is 7.99. The standard InChI is InChI=1S/C18H17ClN4O2S/c1-12-3-5-14(6-4-12)17(11-22(24)25)26-18-21-20-13(2)23(18)16-9-7-15(19)8-10-16/h3-10,17H,11H2,1-2H3/t17-/m1/s1. The summed E-state index contributed by atoms with van der Waals surface area (Å²) >= 11 is 7.30. The zero-order valence-electron chi connectivity index (χ0n) is 14.3. The van der Waals surface area contributed by atoms with Crippen molar-refractivity contribution in [2.24, 2.45) is 0 Å². The molecule has 3 rings (SSSR count). The van der Waals surface area contributed by atoms with Gasteiger partial charge in [0.1, 0.15) is 11.1 Å². The lowest BCUT2D eigenvalue weighted by Gasteiger charge is -2.14. The van der Waals surface area contributed by atoms with Crippen LogP contribution in [0.1, 0.15) is 22.2 Å². The van der Waals surface area contributed by atoms with Gasteiger partial charge >= 0.3 is 0 Å². The summed E-state index contributed by atoms with van der Waals surface area (Å²) in [6.45, 7) is 3.64. The number of hydrogen-bond donors (Lipinski definition) is 0. The molecular weight excluding hydrogens is 372 g/mol. The van der Waals surface area contributed by atoms with Crippen LogP contribution in [-0.2, 0) is 0 Å². The van der Waals surface area contributed by atoms with Crippen molar-refractivity contribution in [2.45, 2.75) is 24.3 Å². The van der Waals surface area contributed by atoms with Crippen molar-refractivity contribution in [3.8, 4) is 5.69 Å². The predicted octanol–water partition coefficient (Wildman–Crippen LogP) is 4.65. The molecule has 0 aliphatic rings. The van der Waals surface area contributed by atoms with Crippen LogP contribution in [0.4, 0.5) is 0 Å². The number of aromatic nitrogens is 3. The molecular formula is C18H17ClN4O2S. The van der Waals surface area contributed by atoms with Crippen molar-refractivity contribution in [2.75, 3.05) is 6.54 Å². The third kappa shape index (κ3) is 4.23. The Balaban J connectivity index is 1.95. The molecule has 1 aromatic heterocycles. The van der Waals surface area contributed by atoms with Crippen LogP contribution in [0.5, 0.6) is 0 Å². The van der Waals surface area contributed by atoms with E-state index in [2.05, 4.69) is 10.2 Å². The summed E-state index contributed by atoms with van der Waals surface area (Å²) in [6, 6.07) is 15.1. The number of hydrogen-bond acceptors (Lipinski definition) is 5. The minimum atomic E-state index is -0.361. The Hall–Kier alpha value is -2.38. The van der Waals surface area contributed by atoms with Gasteiger partial charge in [-0.2, -0.15) is 0 Å². The fourth-order valence-electron chi connectivity index (χ4n) is 2.56. The maximum absolute atomic E-state index is 11.2. The third-order valence-corrected chi connectivity index (χ3v) is 5.32. The van der Waals surface area contributed by atoms with E-state index in [1.807, 2.05) is 54.8 Å². The van der Waals surface area contributed by atoms with Gasteiger partial charge < -0.3 is 0 Å². The van der Waals surface area contributed by atoms with E-state index >= 15 is 0 Å². The molecule has 0 spiro atoms. The smallest absolute Gasteiger partial charge is 0.220 e. The van der Waals surface area contributed by atoms with Crippen molar-refractivity contribution >= 4 is 23.4 Å². The van der Waals surface area contributed by atoms with Crippen molar-refractivity contribution in [1.29, 1.82) is 0 Å². The van der Waals surface area contributed by atoms with Gasteiger partial charge in [-0.3, -0.25) is 14.7 Å². The molecule has 8 heteroatoms. The first-order valence-corrected chi connectivity index (χ1v) is 9.23. The quantitative estimate of drug-likeness (QED) is 0.349. The zero-order valence-corrected chi connectivity index (χ0v) is 15.9. The van der Waals surface area contributed by atoms with Crippen LogP contribution in [0.3, 0.4) is 0 Å². The Bertz CT molecular complexity index is 910. The number of halogens is 1. The van der Waals surface area contributed by atoms with E-state index < -0.39 is 0 Å². The molecule has 6 nitrogen and oxygen atoms in total. The molecule has 1 atom stereocenters. The second-order valence-electron chi connectivity index (χ2n) is 5.87. The van der Waals surface area contributed by atoms with Crippen molar-refractivity contribution in [3.63, 3.8) is 0 Å². The Labute approximate surface area is 160 Å². The first-order chi connectivity index (χ1) is 12.4. The van der Waals surface area contributed by atoms with Gasteiger partial charge in [0, 0.05) is 15.6 Å². The molecule has 134 valence electrons. The molecule has 0 amide bonds. The highest BCUT2D eigenvalue weighted by atomic mass is 35.5. The van der Waals surface area contributed by atoms with Crippen LogP contribution in [0, 0.1) is 24.0 Å². The number of nitro groups is 1. The summed E-state index contributed by atoms with van der Waals surface area (Å²) < 4.78 is 1.88. The molecule has 0 radical (unpaired) electrons. The average Bonchev–Trinajstić information content (AvgIpc) is 2.96. The number of aryl methyl sites for hydroxylation is 2. The molecule has 2 aromatic carbocycles. The molecule has 0 aliphatic heterocycles. The number of rotatable bonds is 6. The largest absolute Gasteiger partial charge is 0.274 e. The Kier molecular flexibility index (Phi) is 5.58. The van der Waals surface area contributed by atoms with Crippen molar-refractivity contribution in [1.82, 2.24) is 14.8 Å². The van der Waals surface area contributed by atoms with Crippen LogP contribution < -0.4 is 0 Å². The van der Waals surface area contributed by atoms with Crippen LogP contribution in [0.15, 0.2) is 53.7 Å². The molecule has 26 heavy (non-hydrogen) atoms.